The molecule has 4 rings (SSSR count). The largest absolute Gasteiger partial charge is 0.496 e. The lowest BCUT2D eigenvalue weighted by Crippen LogP contribution is -2.32. The van der Waals surface area contributed by atoms with E-state index in [0.29, 0.717) is 10.9 Å². The van der Waals surface area contributed by atoms with Gasteiger partial charge in [0.15, 0.2) is 11.6 Å². The van der Waals surface area contributed by atoms with Crippen LogP contribution < -0.4 is 35.6 Å². The Morgan fingerprint density at radius 3 is 2.19 bits per heavy atom. The number of urea groups is 1. The molecule has 0 bridgehead atoms. The number of nitrogens with one attached hydrogen (secondary N) is 2. The van der Waals surface area contributed by atoms with Crippen LogP contribution in [0.3, 0.4) is 0 Å². The topological polar surface area (TPSA) is 122 Å². The van der Waals surface area contributed by atoms with Gasteiger partial charge in [0.25, 0.3) is 5.91 Å². The van der Waals surface area contributed by atoms with Crippen LogP contribution >= 0.6 is 0 Å². The fraction of sp³-hybridized carbons (Fsp3) is 0.320. The molecule has 0 atom stereocenters. The number of nitrogens with zero attached hydrogens (tertiary/aromatic N) is 3. The number of halogens is 2. The first kappa shape index (κ1) is 25.7. The van der Waals surface area contributed by atoms with Crippen molar-refractivity contribution >= 4 is 39.9 Å². The predicted molar refractivity (Wildman–Crippen MR) is 137 cm³/mol. The van der Waals surface area contributed by atoms with Crippen molar-refractivity contribution in [1.29, 1.82) is 0 Å². The number of carbonyl (C=O) groups is 2. The second kappa shape index (κ2) is 9.96. The summed E-state index contributed by atoms with van der Waals surface area (Å²) in [4.78, 5) is 31.5. The molecule has 1 aromatic heterocycles. The molecule has 196 valence electrons. The third-order valence-electron chi connectivity index (χ3n) is 5.83. The minimum Gasteiger partial charge on any atom is -0.496 e. The van der Waals surface area contributed by atoms with E-state index >= 15 is 8.78 Å². The normalized spacial score (nSPS) is 12.7. The van der Waals surface area contributed by atoms with E-state index in [0.717, 1.165) is 12.8 Å². The van der Waals surface area contributed by atoms with Gasteiger partial charge >= 0.3 is 6.03 Å². The smallest absolute Gasteiger partial charge is 0.319 e. The molecule has 3 aromatic rings. The summed E-state index contributed by atoms with van der Waals surface area (Å²) in [6, 6.07) is 3.78. The van der Waals surface area contributed by atoms with E-state index in [2.05, 4.69) is 15.6 Å². The average Bonchev–Trinajstić information content (AvgIpc) is 3.64. The minimum atomic E-state index is -1.02. The Morgan fingerprint density at radius 2 is 1.68 bits per heavy atom. The maximum atomic E-state index is 15.9. The van der Waals surface area contributed by atoms with Gasteiger partial charge in [-0.05, 0) is 25.0 Å². The lowest BCUT2D eigenvalue weighted by atomic mass is 10.1. The number of hydrogen-bond donors (Lipinski definition) is 3. The van der Waals surface area contributed by atoms with Crippen molar-refractivity contribution in [2.24, 2.45) is 5.73 Å². The fourth-order valence-electron chi connectivity index (χ4n) is 3.96. The Hall–Kier alpha value is -4.35. The number of carbonyl (C=O) groups excluding carboxylic acids is 2. The Morgan fingerprint density at radius 1 is 1.05 bits per heavy atom. The van der Waals surface area contributed by atoms with Crippen molar-refractivity contribution in [2.45, 2.75) is 18.9 Å². The molecule has 0 saturated heterocycles. The van der Waals surface area contributed by atoms with E-state index < -0.39 is 29.3 Å². The van der Waals surface area contributed by atoms with Crippen molar-refractivity contribution < 1.29 is 27.8 Å². The molecule has 1 aliphatic rings. The maximum absolute atomic E-state index is 15.9. The van der Waals surface area contributed by atoms with Crippen LogP contribution in [0, 0.1) is 11.6 Å². The first-order chi connectivity index (χ1) is 17.5. The van der Waals surface area contributed by atoms with Crippen LogP contribution in [0.1, 0.15) is 23.2 Å². The molecule has 37 heavy (non-hydrogen) atoms. The van der Waals surface area contributed by atoms with E-state index in [-0.39, 0.29) is 40.2 Å². The molecule has 0 spiro atoms. The summed E-state index contributed by atoms with van der Waals surface area (Å²) in [7, 11) is 7.64. The van der Waals surface area contributed by atoms with Crippen molar-refractivity contribution in [3.05, 3.63) is 41.6 Å². The number of fused-ring (bicyclic) bond motifs is 1. The van der Waals surface area contributed by atoms with Gasteiger partial charge in [-0.15, -0.1) is 0 Å². The first-order valence-electron chi connectivity index (χ1n) is 11.4. The molecule has 0 aliphatic heterocycles. The SMILES string of the molecule is COc1cc2nccc(Oc3c(F)c(N(C)C)c(NC(=O)NC4CC4)c(N(C)C)c3F)c2cc1C(N)=O. The lowest BCUT2D eigenvalue weighted by molar-refractivity contribution is 0.0997. The summed E-state index contributed by atoms with van der Waals surface area (Å²) in [5.41, 5.74) is 5.68. The summed E-state index contributed by atoms with van der Waals surface area (Å²) < 4.78 is 42.9. The highest BCUT2D eigenvalue weighted by Gasteiger charge is 2.31. The average molecular weight is 515 g/mol. The highest BCUT2D eigenvalue weighted by Crippen LogP contribution is 2.47. The number of benzene rings is 2. The van der Waals surface area contributed by atoms with Gasteiger partial charge in [0.2, 0.25) is 5.75 Å². The van der Waals surface area contributed by atoms with Gasteiger partial charge in [0.05, 0.1) is 23.9 Å². The molecule has 2 aromatic carbocycles. The van der Waals surface area contributed by atoms with Crippen LogP contribution in [-0.2, 0) is 0 Å². The van der Waals surface area contributed by atoms with Crippen molar-refractivity contribution in [3.63, 3.8) is 0 Å². The van der Waals surface area contributed by atoms with Gasteiger partial charge in [-0.1, -0.05) is 0 Å². The zero-order valence-electron chi connectivity index (χ0n) is 21.1. The van der Waals surface area contributed by atoms with Crippen molar-refractivity contribution in [1.82, 2.24) is 10.3 Å². The molecule has 4 N–H and O–H groups in total. The van der Waals surface area contributed by atoms with Crippen LogP contribution in [0.2, 0.25) is 0 Å². The summed E-state index contributed by atoms with van der Waals surface area (Å²) >= 11 is 0. The van der Waals surface area contributed by atoms with Crippen molar-refractivity contribution in [3.8, 4) is 17.2 Å². The number of nitrogens with two attached hydrogens (primary N) is 1. The molecular formula is C25H28F2N6O4. The molecular weight excluding hydrogens is 486 g/mol. The second-order valence-electron chi connectivity index (χ2n) is 9.04. The number of methoxy groups -OCH3 is 1. The molecule has 1 fully saturated rings. The van der Waals surface area contributed by atoms with Gasteiger partial charge in [-0.3, -0.25) is 9.78 Å². The molecule has 0 unspecified atom stereocenters. The summed E-state index contributed by atoms with van der Waals surface area (Å²) in [6.45, 7) is 0. The number of aromatic nitrogens is 1. The molecule has 12 heteroatoms. The second-order valence-corrected chi connectivity index (χ2v) is 9.04. The van der Waals surface area contributed by atoms with Gasteiger partial charge in [0, 0.05) is 51.9 Å². The fourth-order valence-corrected chi connectivity index (χ4v) is 3.96. The number of anilines is 3. The number of pyridine rings is 1. The summed E-state index contributed by atoms with van der Waals surface area (Å²) in [6.07, 6.45) is 3.11. The summed E-state index contributed by atoms with van der Waals surface area (Å²) in [5.74, 6) is -3.26. The Kier molecular flexibility index (Phi) is 6.92. The summed E-state index contributed by atoms with van der Waals surface area (Å²) in [5, 5.41) is 5.65. The zero-order valence-corrected chi connectivity index (χ0v) is 21.1. The maximum Gasteiger partial charge on any atom is 0.319 e. The predicted octanol–water partition coefficient (Wildman–Crippen LogP) is 3.83. The van der Waals surface area contributed by atoms with E-state index in [1.165, 1.54) is 41.3 Å². The van der Waals surface area contributed by atoms with Crippen LogP contribution in [-0.4, -0.2) is 58.3 Å². The van der Waals surface area contributed by atoms with Crippen LogP contribution in [0.4, 0.5) is 30.6 Å². The van der Waals surface area contributed by atoms with Gasteiger partial charge in [-0.25, -0.2) is 13.6 Å². The van der Waals surface area contributed by atoms with Crippen molar-refractivity contribution in [2.75, 3.05) is 50.4 Å². The Labute approximate surface area is 212 Å². The Bertz CT molecular complexity index is 1360. The monoisotopic (exact) mass is 514 g/mol. The number of amides is 3. The van der Waals surface area contributed by atoms with E-state index in [4.69, 9.17) is 15.2 Å². The number of rotatable bonds is 8. The number of ether oxygens (including phenoxy) is 2. The molecule has 0 radical (unpaired) electrons. The third-order valence-corrected chi connectivity index (χ3v) is 5.83. The third kappa shape index (κ3) is 4.99. The molecule has 1 saturated carbocycles. The zero-order chi connectivity index (χ0) is 27.0. The van der Waals surface area contributed by atoms with Gasteiger partial charge < -0.3 is 35.6 Å². The van der Waals surface area contributed by atoms with E-state index in [9.17, 15) is 9.59 Å². The molecule has 10 nitrogen and oxygen atoms in total. The highest BCUT2D eigenvalue weighted by molar-refractivity contribution is 6.02. The highest BCUT2D eigenvalue weighted by atomic mass is 19.1. The van der Waals surface area contributed by atoms with Crippen LogP contribution in [0.15, 0.2) is 24.4 Å². The Balaban J connectivity index is 1.88. The van der Waals surface area contributed by atoms with Gasteiger partial charge in [0.1, 0.15) is 22.9 Å². The molecule has 1 heterocycles. The number of hydrogen-bond acceptors (Lipinski definition) is 7. The standard InChI is InChI=1S/C25H28F2N6O4/c1-32(2)21-18(26)23(19(27)22(33(3)4)20(21)31-25(35)30-12-6-7-12)37-16-8-9-29-15-11-17(36-5)14(24(28)34)10-13(15)16/h8-12H,6-7H2,1-5H3,(H2,28,34)(H2,30,31,35). The number of primary amides is 1. The quantitative estimate of drug-likeness (QED) is 0.418. The molecule has 1 aliphatic carbocycles. The van der Waals surface area contributed by atoms with Crippen LogP contribution in [0.5, 0.6) is 17.2 Å². The lowest BCUT2D eigenvalue weighted by Gasteiger charge is -2.27. The first-order valence-corrected chi connectivity index (χ1v) is 11.4. The van der Waals surface area contributed by atoms with E-state index in [1.54, 1.807) is 28.2 Å². The molecule has 3 amide bonds. The van der Waals surface area contributed by atoms with E-state index in [1.807, 2.05) is 0 Å². The minimum absolute atomic E-state index is 0.0366. The van der Waals surface area contributed by atoms with Gasteiger partial charge in [-0.2, -0.15) is 0 Å². The van der Waals surface area contributed by atoms with Crippen LogP contribution in [0.25, 0.3) is 10.9 Å².